The predicted octanol–water partition coefficient (Wildman–Crippen LogP) is 3.16. The number of hydrogen-bond donors (Lipinski definition) is 0. The summed E-state index contributed by atoms with van der Waals surface area (Å²) in [4.78, 5) is 23.8. The van der Waals surface area contributed by atoms with Gasteiger partial charge in [-0.15, -0.1) is 0 Å². The molecule has 1 aliphatic heterocycles. The van der Waals surface area contributed by atoms with E-state index in [2.05, 4.69) is 0 Å². The van der Waals surface area contributed by atoms with Gasteiger partial charge in [0.1, 0.15) is 11.4 Å². The van der Waals surface area contributed by atoms with Gasteiger partial charge in [-0.25, -0.2) is 4.79 Å². The fourth-order valence-electron chi connectivity index (χ4n) is 3.58. The van der Waals surface area contributed by atoms with E-state index in [1.165, 1.54) is 4.31 Å². The summed E-state index contributed by atoms with van der Waals surface area (Å²) in [7, 11) is -3.81. The number of rotatable bonds is 7. The highest BCUT2D eigenvalue weighted by molar-refractivity contribution is 7.87. The standard InChI is InChI=1S/C21H30N2O6S/c1-21(2,3)29-20(25)23-13-12-22(30(23,26)27)11-5-4-6-14-28-17-8-9-18-16(15-17)7-10-19(18)24/h8-9,15H,4-7,10-14H2,1-3H3. The van der Waals surface area contributed by atoms with Crippen molar-refractivity contribution in [1.29, 1.82) is 0 Å². The largest absolute Gasteiger partial charge is 0.494 e. The van der Waals surface area contributed by atoms with Gasteiger partial charge in [-0.2, -0.15) is 17.0 Å². The smallest absolute Gasteiger partial charge is 0.425 e. The van der Waals surface area contributed by atoms with Crippen LogP contribution in [0.2, 0.25) is 0 Å². The molecule has 1 fully saturated rings. The molecule has 30 heavy (non-hydrogen) atoms. The monoisotopic (exact) mass is 438 g/mol. The van der Waals surface area contributed by atoms with Crippen molar-refractivity contribution in [1.82, 2.24) is 8.61 Å². The van der Waals surface area contributed by atoms with Crippen molar-refractivity contribution in [3.8, 4) is 5.75 Å². The average Bonchev–Trinajstić information content (AvgIpc) is 3.15. The minimum absolute atomic E-state index is 0.112. The van der Waals surface area contributed by atoms with Crippen LogP contribution in [0.3, 0.4) is 0 Å². The summed E-state index contributed by atoms with van der Waals surface area (Å²) in [6.07, 6.45) is 2.80. The summed E-state index contributed by atoms with van der Waals surface area (Å²) in [5.41, 5.74) is 1.11. The Labute approximate surface area is 178 Å². The number of carbonyl (C=O) groups is 2. The molecule has 0 aromatic heterocycles. The van der Waals surface area contributed by atoms with E-state index in [1.807, 2.05) is 18.2 Å². The second kappa shape index (κ2) is 8.93. The second-order valence-corrected chi connectivity index (χ2v) is 10.5. The number of unbranched alkanes of at least 4 members (excludes halogenated alkanes) is 2. The van der Waals surface area contributed by atoms with Gasteiger partial charge >= 0.3 is 16.3 Å². The number of carbonyl (C=O) groups excluding carboxylic acids is 2. The molecule has 0 spiro atoms. The molecule has 2 aliphatic rings. The van der Waals surface area contributed by atoms with Crippen molar-refractivity contribution < 1.29 is 27.5 Å². The number of ether oxygens (including phenoxy) is 2. The van der Waals surface area contributed by atoms with E-state index in [1.54, 1.807) is 20.8 Å². The van der Waals surface area contributed by atoms with Crippen LogP contribution in [0.1, 0.15) is 62.4 Å². The first-order chi connectivity index (χ1) is 14.1. The van der Waals surface area contributed by atoms with Crippen LogP contribution in [0.15, 0.2) is 18.2 Å². The lowest BCUT2D eigenvalue weighted by atomic mass is 10.1. The Hall–Kier alpha value is -2.13. The van der Waals surface area contributed by atoms with Crippen molar-refractivity contribution in [3.63, 3.8) is 0 Å². The van der Waals surface area contributed by atoms with Crippen LogP contribution in [0.4, 0.5) is 4.79 Å². The van der Waals surface area contributed by atoms with E-state index < -0.39 is 21.9 Å². The molecule has 8 nitrogen and oxygen atoms in total. The molecule has 0 bridgehead atoms. The topological polar surface area (TPSA) is 93.2 Å². The quantitative estimate of drug-likeness (QED) is 0.607. The molecule has 1 saturated heterocycles. The van der Waals surface area contributed by atoms with Gasteiger partial charge in [-0.1, -0.05) is 0 Å². The summed E-state index contributed by atoms with van der Waals surface area (Å²) in [5.74, 6) is 0.956. The number of nitrogens with zero attached hydrogens (tertiary/aromatic N) is 2. The van der Waals surface area contributed by atoms with Gasteiger partial charge in [0.25, 0.3) is 0 Å². The highest BCUT2D eigenvalue weighted by Gasteiger charge is 2.41. The van der Waals surface area contributed by atoms with Gasteiger partial charge in [0.2, 0.25) is 0 Å². The van der Waals surface area contributed by atoms with Crippen molar-refractivity contribution in [2.75, 3.05) is 26.2 Å². The SMILES string of the molecule is CC(C)(C)OC(=O)N1CCN(CCCCCOc2ccc3c(c2)CCC3=O)S1(=O)=O. The molecule has 0 saturated carbocycles. The summed E-state index contributed by atoms with van der Waals surface area (Å²) in [6, 6.07) is 5.58. The third-order valence-corrected chi connectivity index (χ3v) is 6.98. The molecule has 0 N–H and O–H groups in total. The molecule has 1 amide bonds. The fourth-order valence-corrected chi connectivity index (χ4v) is 5.07. The van der Waals surface area contributed by atoms with Crippen LogP contribution < -0.4 is 4.74 Å². The Bertz CT molecular complexity index is 907. The lowest BCUT2D eigenvalue weighted by molar-refractivity contribution is 0.0404. The first-order valence-corrected chi connectivity index (χ1v) is 11.8. The normalized spacial score (nSPS) is 18.5. The minimum atomic E-state index is -3.81. The van der Waals surface area contributed by atoms with E-state index >= 15 is 0 Å². The van der Waals surface area contributed by atoms with Crippen molar-refractivity contribution in [2.45, 2.75) is 58.5 Å². The number of fused-ring (bicyclic) bond motifs is 1. The molecule has 166 valence electrons. The number of hydrogen-bond acceptors (Lipinski definition) is 6. The molecule has 9 heteroatoms. The molecule has 1 aromatic rings. The summed E-state index contributed by atoms with van der Waals surface area (Å²) in [5, 5.41) is 0. The summed E-state index contributed by atoms with van der Waals surface area (Å²) >= 11 is 0. The van der Waals surface area contributed by atoms with Crippen molar-refractivity contribution >= 4 is 22.1 Å². The summed E-state index contributed by atoms with van der Waals surface area (Å²) in [6.45, 7) is 6.40. The maximum absolute atomic E-state index is 12.5. The molecule has 0 atom stereocenters. The van der Waals surface area contributed by atoms with Crippen molar-refractivity contribution in [2.24, 2.45) is 0 Å². The Morgan fingerprint density at radius 2 is 1.87 bits per heavy atom. The third-order valence-electron chi connectivity index (χ3n) is 5.07. The van der Waals surface area contributed by atoms with Crippen molar-refractivity contribution in [3.05, 3.63) is 29.3 Å². The number of Topliss-reactive ketones (excluding diaryl/α,β-unsaturated/α-hetero) is 1. The Balaban J connectivity index is 1.38. The van der Waals surface area contributed by atoms with Gasteiger partial charge in [-0.3, -0.25) is 4.79 Å². The highest BCUT2D eigenvalue weighted by atomic mass is 32.2. The molecule has 3 rings (SSSR count). The maximum atomic E-state index is 12.5. The van der Waals surface area contributed by atoms with E-state index in [4.69, 9.17) is 9.47 Å². The number of amides is 1. The van der Waals surface area contributed by atoms with Crippen LogP contribution in [0, 0.1) is 0 Å². The molecule has 0 radical (unpaired) electrons. The lowest BCUT2D eigenvalue weighted by Crippen LogP contribution is -2.40. The Kier molecular flexibility index (Phi) is 6.71. The highest BCUT2D eigenvalue weighted by Crippen LogP contribution is 2.26. The Morgan fingerprint density at radius 1 is 1.10 bits per heavy atom. The van der Waals surface area contributed by atoms with Crippen LogP contribution in [0.25, 0.3) is 0 Å². The summed E-state index contributed by atoms with van der Waals surface area (Å²) < 4.78 is 38.2. The third kappa shape index (κ3) is 5.31. The number of ketones is 1. The number of benzene rings is 1. The van der Waals surface area contributed by atoms with Gasteiger partial charge in [0.05, 0.1) is 13.2 Å². The van der Waals surface area contributed by atoms with Crippen LogP contribution in [0.5, 0.6) is 5.75 Å². The maximum Gasteiger partial charge on any atom is 0.425 e. The van der Waals surface area contributed by atoms with Gasteiger partial charge in [0, 0.05) is 25.1 Å². The minimum Gasteiger partial charge on any atom is -0.494 e. The fraction of sp³-hybridized carbons (Fsp3) is 0.619. The molecule has 1 aliphatic carbocycles. The second-order valence-electron chi connectivity index (χ2n) is 8.61. The zero-order valence-electron chi connectivity index (χ0n) is 17.8. The average molecular weight is 439 g/mol. The molecular weight excluding hydrogens is 408 g/mol. The van der Waals surface area contributed by atoms with E-state index in [-0.39, 0.29) is 18.9 Å². The zero-order chi connectivity index (χ0) is 21.9. The molecule has 1 heterocycles. The van der Waals surface area contributed by atoms with E-state index in [0.29, 0.717) is 26.0 Å². The van der Waals surface area contributed by atoms with E-state index in [0.717, 1.165) is 40.4 Å². The lowest BCUT2D eigenvalue weighted by Gasteiger charge is -2.24. The van der Waals surface area contributed by atoms with Gasteiger partial charge in [0.15, 0.2) is 5.78 Å². The molecule has 0 unspecified atom stereocenters. The van der Waals surface area contributed by atoms with Gasteiger partial charge in [-0.05, 0) is 70.2 Å². The Morgan fingerprint density at radius 3 is 2.60 bits per heavy atom. The molecular formula is C21H30N2O6S. The van der Waals surface area contributed by atoms with Crippen LogP contribution in [-0.2, 0) is 21.4 Å². The van der Waals surface area contributed by atoms with Crippen LogP contribution >= 0.6 is 0 Å². The predicted molar refractivity (Wildman–Crippen MR) is 112 cm³/mol. The first kappa shape index (κ1) is 22.6. The van der Waals surface area contributed by atoms with E-state index in [9.17, 15) is 18.0 Å². The molecule has 1 aromatic carbocycles. The van der Waals surface area contributed by atoms with Crippen LogP contribution in [-0.4, -0.2) is 60.7 Å². The first-order valence-electron chi connectivity index (χ1n) is 10.4. The van der Waals surface area contributed by atoms with Gasteiger partial charge < -0.3 is 9.47 Å². The zero-order valence-corrected chi connectivity index (χ0v) is 18.7. The number of aryl methyl sites for hydroxylation is 1.